The molecule has 3 aromatic carbocycles. The van der Waals surface area contributed by atoms with E-state index in [9.17, 15) is 0 Å². The van der Waals surface area contributed by atoms with Crippen LogP contribution in [-0.4, -0.2) is 26.7 Å². The van der Waals surface area contributed by atoms with Gasteiger partial charge in [0.1, 0.15) is 17.3 Å². The van der Waals surface area contributed by atoms with Gasteiger partial charge in [0.2, 0.25) is 0 Å². The maximum absolute atomic E-state index is 6.54. The highest BCUT2D eigenvalue weighted by molar-refractivity contribution is 6.09. The summed E-state index contributed by atoms with van der Waals surface area (Å²) in [6.45, 7) is 14.1. The fourth-order valence-electron chi connectivity index (χ4n) is 5.99. The van der Waals surface area contributed by atoms with Gasteiger partial charge in [0.15, 0.2) is 5.82 Å². The monoisotopic (exact) mass is 567 g/mol. The third-order valence-corrected chi connectivity index (χ3v) is 8.26. The van der Waals surface area contributed by atoms with Crippen molar-refractivity contribution in [2.45, 2.75) is 52.5 Å². The molecule has 0 radical (unpaired) electrons. The minimum Gasteiger partial charge on any atom is -0.457 e. The van der Waals surface area contributed by atoms with Crippen molar-refractivity contribution in [2.24, 2.45) is 0 Å². The Labute approximate surface area is 253 Å². The number of anilines is 3. The largest absolute Gasteiger partial charge is 0.457 e. The lowest BCUT2D eigenvalue weighted by Crippen LogP contribution is -2.42. The lowest BCUT2D eigenvalue weighted by Gasteiger charge is -2.34. The van der Waals surface area contributed by atoms with E-state index in [0.717, 1.165) is 52.2 Å². The zero-order valence-corrected chi connectivity index (χ0v) is 25.7. The van der Waals surface area contributed by atoms with Gasteiger partial charge in [0.25, 0.3) is 0 Å². The molecule has 0 spiro atoms. The Balaban J connectivity index is 1.28. The summed E-state index contributed by atoms with van der Waals surface area (Å²) in [5.74, 6) is 3.42. The van der Waals surface area contributed by atoms with Crippen LogP contribution in [0.1, 0.15) is 47.1 Å². The number of nitrogens with zero attached hydrogens (tertiary/aromatic N) is 5. The summed E-state index contributed by atoms with van der Waals surface area (Å²) >= 11 is 0. The van der Waals surface area contributed by atoms with Gasteiger partial charge < -0.3 is 14.5 Å². The van der Waals surface area contributed by atoms with Crippen LogP contribution in [0.15, 0.2) is 103 Å². The molecule has 0 bridgehead atoms. The molecular weight excluding hydrogens is 530 g/mol. The fourth-order valence-corrected chi connectivity index (χ4v) is 5.99. The zero-order chi connectivity index (χ0) is 29.9. The Hall–Kier alpha value is -4.84. The number of fused-ring (bicyclic) bond motifs is 4. The van der Waals surface area contributed by atoms with E-state index in [2.05, 4.69) is 129 Å². The molecule has 4 heterocycles. The van der Waals surface area contributed by atoms with Gasteiger partial charge in [0, 0.05) is 46.5 Å². The third-order valence-electron chi connectivity index (χ3n) is 8.26. The predicted molar refractivity (Wildman–Crippen MR) is 177 cm³/mol. The average Bonchev–Trinajstić information content (AvgIpc) is 3.53. The highest BCUT2D eigenvalue weighted by atomic mass is 16.5. The van der Waals surface area contributed by atoms with Crippen molar-refractivity contribution in [1.82, 2.24) is 14.5 Å². The van der Waals surface area contributed by atoms with Crippen molar-refractivity contribution < 1.29 is 4.74 Å². The van der Waals surface area contributed by atoms with Gasteiger partial charge in [-0.05, 0) is 86.3 Å². The van der Waals surface area contributed by atoms with Gasteiger partial charge in [-0.1, -0.05) is 45.0 Å². The first-order valence-corrected chi connectivity index (χ1v) is 14.9. The van der Waals surface area contributed by atoms with E-state index in [-0.39, 0.29) is 11.0 Å². The molecule has 0 fully saturated rings. The number of benzene rings is 3. The van der Waals surface area contributed by atoms with Crippen LogP contribution in [0.4, 0.5) is 17.2 Å². The summed E-state index contributed by atoms with van der Waals surface area (Å²) in [5, 5.41) is 2.36. The van der Waals surface area contributed by atoms with E-state index in [1.165, 1.54) is 16.3 Å². The van der Waals surface area contributed by atoms with E-state index >= 15 is 0 Å². The molecule has 1 aliphatic heterocycles. The minimum atomic E-state index is -0.0320. The highest BCUT2D eigenvalue weighted by Crippen LogP contribution is 2.43. The van der Waals surface area contributed by atoms with Crippen LogP contribution in [0.3, 0.4) is 0 Å². The molecule has 1 aliphatic rings. The highest BCUT2D eigenvalue weighted by Gasteiger charge is 2.34. The van der Waals surface area contributed by atoms with E-state index < -0.39 is 0 Å². The predicted octanol–water partition coefficient (Wildman–Crippen LogP) is 9.38. The van der Waals surface area contributed by atoms with Crippen molar-refractivity contribution in [1.29, 1.82) is 0 Å². The van der Waals surface area contributed by atoms with Gasteiger partial charge in [-0.15, -0.1) is 0 Å². The SMILES string of the molecule is CC(C)(C)c1ccnc(-n2c3ccccc3c3ccc(Oc4cccc(N5CN(C(C)(C)C)c6cccnc65)c4)cc32)c1. The molecule has 6 aromatic rings. The standard InChI is InChI=1S/C37H37N5O/c1-36(2,3)25-18-20-38-34(21-25)42-31-14-8-7-13-29(31)30-17-16-28(23-33(30)42)43-27-12-9-11-26(22-27)40-24-41(37(4,5)6)32-15-10-19-39-35(32)40/h7-23H,24H2,1-6H3. The number of para-hydroxylation sites is 1. The van der Waals surface area contributed by atoms with Gasteiger partial charge in [-0.3, -0.25) is 4.57 Å². The second-order valence-electron chi connectivity index (χ2n) is 13.3. The number of hydrogen-bond acceptors (Lipinski definition) is 5. The minimum absolute atomic E-state index is 0.0189. The summed E-state index contributed by atoms with van der Waals surface area (Å²) in [5.41, 5.74) is 5.61. The van der Waals surface area contributed by atoms with Crippen LogP contribution in [0, 0.1) is 0 Å². The number of hydrogen-bond donors (Lipinski definition) is 0. The second kappa shape index (κ2) is 9.87. The first-order valence-electron chi connectivity index (χ1n) is 14.9. The Morgan fingerprint density at radius 3 is 2.28 bits per heavy atom. The lowest BCUT2D eigenvalue weighted by atomic mass is 9.88. The van der Waals surface area contributed by atoms with Crippen LogP contribution in [0.25, 0.3) is 27.6 Å². The van der Waals surface area contributed by atoms with Gasteiger partial charge in [0.05, 0.1) is 23.4 Å². The van der Waals surface area contributed by atoms with Crippen molar-refractivity contribution >= 4 is 39.0 Å². The van der Waals surface area contributed by atoms with Crippen molar-refractivity contribution in [3.05, 3.63) is 109 Å². The maximum atomic E-state index is 6.54. The Kier molecular flexibility index (Phi) is 6.20. The first kappa shape index (κ1) is 27.0. The molecule has 6 nitrogen and oxygen atoms in total. The summed E-state index contributed by atoms with van der Waals surface area (Å²) in [6, 6.07) is 31.6. The van der Waals surface area contributed by atoms with Crippen LogP contribution in [0.5, 0.6) is 11.5 Å². The summed E-state index contributed by atoms with van der Waals surface area (Å²) < 4.78 is 8.79. The van der Waals surface area contributed by atoms with Gasteiger partial charge in [-0.2, -0.15) is 0 Å². The molecule has 0 saturated heterocycles. The molecule has 0 atom stereocenters. The third kappa shape index (κ3) is 4.77. The molecule has 0 saturated carbocycles. The molecule has 0 aliphatic carbocycles. The van der Waals surface area contributed by atoms with E-state index in [1.54, 1.807) is 0 Å². The Morgan fingerprint density at radius 1 is 0.674 bits per heavy atom. The summed E-state index contributed by atoms with van der Waals surface area (Å²) in [4.78, 5) is 14.2. The lowest BCUT2D eigenvalue weighted by molar-refractivity contribution is 0.483. The number of ether oxygens (including phenoxy) is 1. The maximum Gasteiger partial charge on any atom is 0.158 e. The quantitative estimate of drug-likeness (QED) is 0.212. The molecule has 6 heteroatoms. The Bertz CT molecular complexity index is 1980. The van der Waals surface area contributed by atoms with E-state index in [4.69, 9.17) is 14.7 Å². The summed E-state index contributed by atoms with van der Waals surface area (Å²) in [6.07, 6.45) is 3.77. The molecule has 0 unspecified atom stereocenters. The zero-order valence-electron chi connectivity index (χ0n) is 25.7. The van der Waals surface area contributed by atoms with Crippen LogP contribution < -0.4 is 14.5 Å². The average molecular weight is 568 g/mol. The van der Waals surface area contributed by atoms with E-state index in [1.807, 2.05) is 30.6 Å². The first-order chi connectivity index (χ1) is 20.6. The molecular formula is C37H37N5O. The topological polar surface area (TPSA) is 46.4 Å². The number of rotatable bonds is 4. The molecule has 3 aromatic heterocycles. The second-order valence-corrected chi connectivity index (χ2v) is 13.3. The van der Waals surface area contributed by atoms with Crippen LogP contribution in [-0.2, 0) is 5.41 Å². The molecule has 7 rings (SSSR count). The summed E-state index contributed by atoms with van der Waals surface area (Å²) in [7, 11) is 0. The van der Waals surface area contributed by atoms with Crippen molar-refractivity contribution in [2.75, 3.05) is 16.5 Å². The van der Waals surface area contributed by atoms with Crippen LogP contribution >= 0.6 is 0 Å². The van der Waals surface area contributed by atoms with Crippen LogP contribution in [0.2, 0.25) is 0 Å². The van der Waals surface area contributed by atoms with Gasteiger partial charge in [-0.25, -0.2) is 9.97 Å². The number of pyridine rings is 2. The smallest absolute Gasteiger partial charge is 0.158 e. The normalized spacial score (nSPS) is 13.6. The molecule has 0 amide bonds. The van der Waals surface area contributed by atoms with Gasteiger partial charge >= 0.3 is 0 Å². The fraction of sp³-hybridized carbons (Fsp3) is 0.243. The molecule has 43 heavy (non-hydrogen) atoms. The molecule has 0 N–H and O–H groups in total. The van der Waals surface area contributed by atoms with Crippen molar-refractivity contribution in [3.8, 4) is 17.3 Å². The van der Waals surface area contributed by atoms with Crippen molar-refractivity contribution in [3.63, 3.8) is 0 Å². The molecule has 216 valence electrons. The Morgan fingerprint density at radius 2 is 1.47 bits per heavy atom. The van der Waals surface area contributed by atoms with E-state index in [0.29, 0.717) is 0 Å². The number of aromatic nitrogens is 3.